The molecule has 0 bridgehead atoms. The van der Waals surface area contributed by atoms with Crippen LogP contribution in [0.15, 0.2) is 77.2 Å². The van der Waals surface area contributed by atoms with Crippen LogP contribution >= 0.6 is 0 Å². The summed E-state index contributed by atoms with van der Waals surface area (Å²) in [7, 11) is 0. The average Bonchev–Trinajstić information content (AvgIpc) is 3.37. The van der Waals surface area contributed by atoms with E-state index in [9.17, 15) is 4.79 Å². The van der Waals surface area contributed by atoms with Gasteiger partial charge < -0.3 is 14.8 Å². The number of fused-ring (bicyclic) bond motifs is 2. The van der Waals surface area contributed by atoms with Gasteiger partial charge in [-0.1, -0.05) is 48.5 Å². The topological polar surface area (TPSA) is 62.5 Å². The lowest BCUT2D eigenvalue weighted by molar-refractivity contribution is -0.136. The summed E-state index contributed by atoms with van der Waals surface area (Å²) in [5.74, 6) is 0.124. The molecular formula is C27H25NO3. The van der Waals surface area contributed by atoms with Gasteiger partial charge in [0.2, 0.25) is 0 Å². The molecule has 0 fully saturated rings. The maximum Gasteiger partial charge on any atom is 0.304 e. The normalized spacial score (nSPS) is 15.3. The molecular weight excluding hydrogens is 386 g/mol. The first-order chi connectivity index (χ1) is 15.1. The molecule has 1 unspecified atom stereocenters. The molecule has 2 N–H and O–H groups in total. The number of hydrogen-bond acceptors (Lipinski definition) is 3. The van der Waals surface area contributed by atoms with Gasteiger partial charge in [0.1, 0.15) is 11.3 Å². The van der Waals surface area contributed by atoms with Gasteiger partial charge in [-0.05, 0) is 65.8 Å². The molecule has 1 atom stereocenters. The number of benzene rings is 3. The van der Waals surface area contributed by atoms with Crippen LogP contribution in [0.4, 0.5) is 0 Å². The second-order valence-corrected chi connectivity index (χ2v) is 8.33. The minimum Gasteiger partial charge on any atom is -0.481 e. The zero-order valence-corrected chi connectivity index (χ0v) is 17.3. The van der Waals surface area contributed by atoms with E-state index in [1.807, 2.05) is 6.07 Å². The van der Waals surface area contributed by atoms with Gasteiger partial charge in [0.15, 0.2) is 0 Å². The summed E-state index contributed by atoms with van der Waals surface area (Å²) >= 11 is 0. The summed E-state index contributed by atoms with van der Waals surface area (Å²) in [5, 5.41) is 13.3. The van der Waals surface area contributed by atoms with E-state index in [0.29, 0.717) is 12.6 Å². The standard InChI is InChI=1S/C27H25NO3/c29-27(30)10-11-28-24-15-20-7-8-21(14-22(20)16-24)26-17-23-13-19(6-9-25(23)31-26)12-18-4-2-1-3-5-18/h1-9,13-14,17,24,28H,10-12,15-16H2,(H,29,30). The van der Waals surface area contributed by atoms with E-state index in [1.165, 1.54) is 22.3 Å². The minimum atomic E-state index is -0.762. The maximum atomic E-state index is 10.7. The molecule has 0 radical (unpaired) electrons. The predicted molar refractivity (Wildman–Crippen MR) is 122 cm³/mol. The van der Waals surface area contributed by atoms with Crippen LogP contribution in [0.25, 0.3) is 22.3 Å². The van der Waals surface area contributed by atoms with Gasteiger partial charge in [-0.3, -0.25) is 4.79 Å². The van der Waals surface area contributed by atoms with E-state index in [2.05, 4.69) is 72.0 Å². The van der Waals surface area contributed by atoms with Crippen LogP contribution in [-0.2, 0) is 24.1 Å². The number of furan rings is 1. The van der Waals surface area contributed by atoms with Crippen LogP contribution in [0, 0.1) is 0 Å². The van der Waals surface area contributed by atoms with Crippen LogP contribution in [-0.4, -0.2) is 23.7 Å². The van der Waals surface area contributed by atoms with Gasteiger partial charge in [-0.2, -0.15) is 0 Å². The Bertz CT molecular complexity index is 1230. The van der Waals surface area contributed by atoms with Crippen molar-refractivity contribution in [1.29, 1.82) is 0 Å². The monoisotopic (exact) mass is 411 g/mol. The second kappa shape index (κ2) is 8.40. The highest BCUT2D eigenvalue weighted by Crippen LogP contribution is 2.32. The molecule has 0 spiro atoms. The van der Waals surface area contributed by atoms with E-state index in [4.69, 9.17) is 9.52 Å². The van der Waals surface area contributed by atoms with Gasteiger partial charge in [0, 0.05) is 23.5 Å². The minimum absolute atomic E-state index is 0.156. The van der Waals surface area contributed by atoms with Crippen molar-refractivity contribution in [3.63, 3.8) is 0 Å². The Morgan fingerprint density at radius 3 is 2.61 bits per heavy atom. The van der Waals surface area contributed by atoms with E-state index in [1.54, 1.807) is 0 Å². The molecule has 4 aromatic rings. The molecule has 1 aromatic heterocycles. The molecule has 3 aromatic carbocycles. The number of nitrogens with one attached hydrogen (secondary N) is 1. The molecule has 1 heterocycles. The van der Waals surface area contributed by atoms with Gasteiger partial charge in [-0.25, -0.2) is 0 Å². The zero-order chi connectivity index (χ0) is 21.2. The molecule has 5 rings (SSSR count). The van der Waals surface area contributed by atoms with Gasteiger partial charge in [0.05, 0.1) is 6.42 Å². The molecule has 0 saturated heterocycles. The first-order valence-corrected chi connectivity index (χ1v) is 10.8. The lowest BCUT2D eigenvalue weighted by atomic mass is 10.0. The van der Waals surface area contributed by atoms with Crippen LogP contribution in [0.1, 0.15) is 28.7 Å². The van der Waals surface area contributed by atoms with E-state index in [-0.39, 0.29) is 6.42 Å². The number of aliphatic carboxylic acids is 1. The molecule has 0 saturated carbocycles. The molecule has 0 aliphatic heterocycles. The van der Waals surface area contributed by atoms with Crippen molar-refractivity contribution in [1.82, 2.24) is 5.32 Å². The Kier molecular flexibility index (Phi) is 5.31. The summed E-state index contributed by atoms with van der Waals surface area (Å²) in [6.45, 7) is 0.510. The fraction of sp³-hybridized carbons (Fsp3) is 0.222. The zero-order valence-electron chi connectivity index (χ0n) is 17.3. The smallest absolute Gasteiger partial charge is 0.304 e. The fourth-order valence-electron chi connectivity index (χ4n) is 4.48. The summed E-state index contributed by atoms with van der Waals surface area (Å²) < 4.78 is 6.16. The molecule has 156 valence electrons. The maximum absolute atomic E-state index is 10.7. The quantitative estimate of drug-likeness (QED) is 0.438. The molecule has 4 heteroatoms. The van der Waals surface area contributed by atoms with Gasteiger partial charge >= 0.3 is 5.97 Å². The van der Waals surface area contributed by atoms with Crippen molar-refractivity contribution in [3.8, 4) is 11.3 Å². The number of carboxylic acids is 1. The van der Waals surface area contributed by atoms with Gasteiger partial charge in [-0.15, -0.1) is 0 Å². The highest BCUT2D eigenvalue weighted by atomic mass is 16.4. The van der Waals surface area contributed by atoms with Crippen LogP contribution in [0.5, 0.6) is 0 Å². The highest BCUT2D eigenvalue weighted by Gasteiger charge is 2.22. The average molecular weight is 412 g/mol. The van der Waals surface area contributed by atoms with Crippen molar-refractivity contribution in [3.05, 3.63) is 95.1 Å². The Labute approximate surface area is 181 Å². The molecule has 4 nitrogen and oxygen atoms in total. The third kappa shape index (κ3) is 4.39. The van der Waals surface area contributed by atoms with E-state index < -0.39 is 5.97 Å². The molecule has 1 aliphatic carbocycles. The summed E-state index contributed by atoms with van der Waals surface area (Å²) in [5.41, 5.74) is 7.21. The van der Waals surface area contributed by atoms with Crippen LogP contribution in [0.2, 0.25) is 0 Å². The number of rotatable bonds is 7. The number of carbonyl (C=O) groups is 1. The highest BCUT2D eigenvalue weighted by molar-refractivity contribution is 5.83. The van der Waals surface area contributed by atoms with Crippen molar-refractivity contribution in [2.24, 2.45) is 0 Å². The van der Waals surface area contributed by atoms with Crippen molar-refractivity contribution in [2.75, 3.05) is 6.54 Å². The van der Waals surface area contributed by atoms with Crippen molar-refractivity contribution in [2.45, 2.75) is 31.7 Å². The second-order valence-electron chi connectivity index (χ2n) is 8.33. The van der Waals surface area contributed by atoms with E-state index >= 15 is 0 Å². The van der Waals surface area contributed by atoms with Crippen molar-refractivity contribution < 1.29 is 14.3 Å². The molecule has 0 amide bonds. The number of carboxylic acid groups (broad SMARTS) is 1. The third-order valence-electron chi connectivity index (χ3n) is 6.03. The lowest BCUT2D eigenvalue weighted by Gasteiger charge is -2.09. The SMILES string of the molecule is O=C(O)CCNC1Cc2ccc(-c3cc4cc(Cc5ccccc5)ccc4o3)cc2C1. The fourth-order valence-corrected chi connectivity index (χ4v) is 4.48. The largest absolute Gasteiger partial charge is 0.481 e. The first kappa shape index (κ1) is 19.6. The number of hydrogen-bond donors (Lipinski definition) is 2. The van der Waals surface area contributed by atoms with Crippen molar-refractivity contribution >= 4 is 16.9 Å². The predicted octanol–water partition coefficient (Wildman–Crippen LogP) is 5.22. The van der Waals surface area contributed by atoms with Crippen LogP contribution in [0.3, 0.4) is 0 Å². The lowest BCUT2D eigenvalue weighted by Crippen LogP contribution is -2.31. The van der Waals surface area contributed by atoms with Gasteiger partial charge in [0.25, 0.3) is 0 Å². The van der Waals surface area contributed by atoms with Crippen LogP contribution < -0.4 is 5.32 Å². The molecule has 31 heavy (non-hydrogen) atoms. The first-order valence-electron chi connectivity index (χ1n) is 10.8. The Morgan fingerprint density at radius 2 is 1.77 bits per heavy atom. The Balaban J connectivity index is 1.33. The summed E-state index contributed by atoms with van der Waals surface area (Å²) in [6, 6.07) is 25.9. The van der Waals surface area contributed by atoms with E-state index in [0.717, 1.165) is 41.6 Å². The summed E-state index contributed by atoms with van der Waals surface area (Å²) in [4.78, 5) is 10.7. The Hall–Kier alpha value is -3.37. The summed E-state index contributed by atoms with van der Waals surface area (Å²) in [6.07, 6.45) is 2.93. The third-order valence-corrected chi connectivity index (χ3v) is 6.03. The molecule has 1 aliphatic rings. The Morgan fingerprint density at radius 1 is 0.935 bits per heavy atom.